The Morgan fingerprint density at radius 1 is 1.22 bits per heavy atom. The number of esters is 1. The van der Waals surface area contributed by atoms with Gasteiger partial charge < -0.3 is 9.47 Å². The van der Waals surface area contributed by atoms with Gasteiger partial charge in [0.15, 0.2) is 0 Å². The normalized spacial score (nSPS) is 11.0. The van der Waals surface area contributed by atoms with Crippen molar-refractivity contribution in [1.82, 2.24) is 19.7 Å². The SMILES string of the molecule is CC(=O)OCCc1cncc(Cl)c1COc1cccc2c(-c3ccnn3C)cc(C)nc12. The minimum atomic E-state index is -0.320. The van der Waals surface area contributed by atoms with Crippen LogP contribution in [-0.4, -0.2) is 32.3 Å². The number of carbonyl (C=O) groups excluding carboxylic acids is 1. The Kier molecular flexibility index (Phi) is 6.37. The van der Waals surface area contributed by atoms with Gasteiger partial charge in [0.05, 0.1) is 17.3 Å². The van der Waals surface area contributed by atoms with Crippen molar-refractivity contribution in [3.63, 3.8) is 0 Å². The molecule has 0 unspecified atom stereocenters. The van der Waals surface area contributed by atoms with Crippen LogP contribution < -0.4 is 4.74 Å². The van der Waals surface area contributed by atoms with Gasteiger partial charge in [0.2, 0.25) is 0 Å². The third kappa shape index (κ3) is 4.57. The fourth-order valence-electron chi connectivity index (χ4n) is 3.65. The molecule has 0 aliphatic heterocycles. The molecule has 0 fully saturated rings. The van der Waals surface area contributed by atoms with Crippen LogP contribution in [0.2, 0.25) is 5.02 Å². The molecule has 0 amide bonds. The van der Waals surface area contributed by atoms with Gasteiger partial charge in [-0.05, 0) is 30.7 Å². The highest BCUT2D eigenvalue weighted by Crippen LogP contribution is 2.33. The van der Waals surface area contributed by atoms with Gasteiger partial charge in [-0.15, -0.1) is 0 Å². The van der Waals surface area contributed by atoms with Crippen LogP contribution in [0, 0.1) is 6.92 Å². The van der Waals surface area contributed by atoms with Crippen LogP contribution in [0.5, 0.6) is 5.75 Å². The van der Waals surface area contributed by atoms with E-state index in [1.165, 1.54) is 6.92 Å². The maximum Gasteiger partial charge on any atom is 0.302 e. The van der Waals surface area contributed by atoms with Crippen LogP contribution >= 0.6 is 11.6 Å². The Balaban J connectivity index is 1.66. The Labute approximate surface area is 191 Å². The molecule has 0 spiro atoms. The highest BCUT2D eigenvalue weighted by atomic mass is 35.5. The highest BCUT2D eigenvalue weighted by molar-refractivity contribution is 6.31. The van der Waals surface area contributed by atoms with Crippen molar-refractivity contribution in [3.05, 3.63) is 70.8 Å². The van der Waals surface area contributed by atoms with Crippen LogP contribution in [0.25, 0.3) is 22.2 Å². The third-order valence-electron chi connectivity index (χ3n) is 5.17. The molecule has 0 atom stereocenters. The fraction of sp³-hybridized carbons (Fsp3) is 0.250. The summed E-state index contributed by atoms with van der Waals surface area (Å²) in [7, 11) is 1.92. The lowest BCUT2D eigenvalue weighted by molar-refractivity contribution is -0.140. The van der Waals surface area contributed by atoms with Crippen LogP contribution in [0.1, 0.15) is 23.7 Å². The smallest absolute Gasteiger partial charge is 0.302 e. The van der Waals surface area contributed by atoms with E-state index in [0.29, 0.717) is 17.2 Å². The zero-order valence-electron chi connectivity index (χ0n) is 18.1. The molecule has 164 valence electrons. The van der Waals surface area contributed by atoms with E-state index in [1.54, 1.807) is 18.6 Å². The number of para-hydroxylation sites is 1. The minimum absolute atomic E-state index is 0.243. The molecule has 0 aliphatic rings. The summed E-state index contributed by atoms with van der Waals surface area (Å²) >= 11 is 6.42. The lowest BCUT2D eigenvalue weighted by Crippen LogP contribution is -2.08. The fourth-order valence-corrected chi connectivity index (χ4v) is 3.88. The topological polar surface area (TPSA) is 79.1 Å². The molecule has 8 heteroatoms. The predicted molar refractivity (Wildman–Crippen MR) is 123 cm³/mol. The average molecular weight is 451 g/mol. The van der Waals surface area contributed by atoms with Crippen LogP contribution in [0.3, 0.4) is 0 Å². The maximum absolute atomic E-state index is 11.1. The first-order valence-electron chi connectivity index (χ1n) is 10.2. The van der Waals surface area contributed by atoms with Crippen LogP contribution in [0.4, 0.5) is 0 Å². The molecule has 3 heterocycles. The lowest BCUT2D eigenvalue weighted by Gasteiger charge is -2.15. The molecule has 0 saturated carbocycles. The molecule has 0 aliphatic carbocycles. The molecular formula is C24H23ClN4O3. The summed E-state index contributed by atoms with van der Waals surface area (Å²) in [5, 5.41) is 5.78. The van der Waals surface area contributed by atoms with E-state index in [9.17, 15) is 4.79 Å². The van der Waals surface area contributed by atoms with Gasteiger partial charge >= 0.3 is 5.97 Å². The van der Waals surface area contributed by atoms with Crippen molar-refractivity contribution >= 4 is 28.5 Å². The van der Waals surface area contributed by atoms with E-state index in [0.717, 1.165) is 39.0 Å². The van der Waals surface area contributed by atoms with E-state index in [2.05, 4.69) is 16.1 Å². The van der Waals surface area contributed by atoms with E-state index >= 15 is 0 Å². The number of benzene rings is 1. The molecule has 4 aromatic rings. The number of rotatable bonds is 7. The first-order chi connectivity index (χ1) is 15.4. The number of fused-ring (bicyclic) bond motifs is 1. The second kappa shape index (κ2) is 9.36. The first kappa shape index (κ1) is 21.8. The Morgan fingerprint density at radius 2 is 2.06 bits per heavy atom. The summed E-state index contributed by atoms with van der Waals surface area (Å²) in [6.07, 6.45) is 5.59. The molecule has 0 bridgehead atoms. The van der Waals surface area contributed by atoms with Gasteiger partial charge in [-0.1, -0.05) is 23.7 Å². The molecule has 0 radical (unpaired) electrons. The van der Waals surface area contributed by atoms with Crippen molar-refractivity contribution < 1.29 is 14.3 Å². The average Bonchev–Trinajstić information content (AvgIpc) is 3.18. The minimum Gasteiger partial charge on any atom is -0.487 e. The zero-order chi connectivity index (χ0) is 22.7. The molecule has 1 aromatic carbocycles. The highest BCUT2D eigenvalue weighted by Gasteiger charge is 2.15. The lowest BCUT2D eigenvalue weighted by atomic mass is 10.0. The number of carbonyl (C=O) groups is 1. The molecule has 3 aromatic heterocycles. The van der Waals surface area contributed by atoms with Gasteiger partial charge in [0.25, 0.3) is 0 Å². The summed E-state index contributed by atoms with van der Waals surface area (Å²) in [5.74, 6) is 0.340. The van der Waals surface area contributed by atoms with Crippen molar-refractivity contribution in [2.45, 2.75) is 26.9 Å². The third-order valence-corrected chi connectivity index (χ3v) is 5.50. The summed E-state index contributed by atoms with van der Waals surface area (Å²) < 4.78 is 13.1. The molecule has 7 nitrogen and oxygen atoms in total. The number of halogens is 1. The molecular weight excluding hydrogens is 428 g/mol. The summed E-state index contributed by atoms with van der Waals surface area (Å²) in [6, 6.07) is 9.91. The van der Waals surface area contributed by atoms with Gasteiger partial charge in [-0.2, -0.15) is 5.10 Å². The van der Waals surface area contributed by atoms with Gasteiger partial charge in [-0.3, -0.25) is 14.5 Å². The van der Waals surface area contributed by atoms with E-state index in [-0.39, 0.29) is 19.2 Å². The maximum atomic E-state index is 11.1. The van der Waals surface area contributed by atoms with Crippen molar-refractivity contribution in [2.75, 3.05) is 6.61 Å². The number of pyridine rings is 2. The van der Waals surface area contributed by atoms with Crippen molar-refractivity contribution in [3.8, 4) is 17.0 Å². The number of aryl methyl sites for hydroxylation is 2. The van der Waals surface area contributed by atoms with E-state index < -0.39 is 0 Å². The quantitative estimate of drug-likeness (QED) is 0.380. The number of aromatic nitrogens is 4. The Bertz CT molecular complexity index is 1290. The first-order valence-corrected chi connectivity index (χ1v) is 10.6. The molecule has 0 N–H and O–H groups in total. The summed E-state index contributed by atoms with van der Waals surface area (Å²) in [6.45, 7) is 3.85. The second-order valence-corrected chi connectivity index (χ2v) is 7.85. The van der Waals surface area contributed by atoms with Gasteiger partial charge in [0.1, 0.15) is 17.9 Å². The predicted octanol–water partition coefficient (Wildman–Crippen LogP) is 4.68. The standard InChI is InChI=1S/C24H23ClN4O3/c1-15-11-19(22-7-9-27-29(22)3)18-5-4-6-23(24(18)28-15)32-14-20-17(8-10-31-16(2)30)12-26-13-21(20)25/h4-7,9,11-13H,8,10,14H2,1-3H3. The number of hydrogen-bond donors (Lipinski definition) is 0. The van der Waals surface area contributed by atoms with Gasteiger partial charge in [-0.25, -0.2) is 4.98 Å². The van der Waals surface area contributed by atoms with Crippen LogP contribution in [0.15, 0.2) is 48.9 Å². The molecule has 0 saturated heterocycles. The summed E-state index contributed by atoms with van der Waals surface area (Å²) in [5.41, 5.74) is 5.39. The second-order valence-electron chi connectivity index (χ2n) is 7.44. The van der Waals surface area contributed by atoms with E-state index in [4.69, 9.17) is 26.1 Å². The Morgan fingerprint density at radius 3 is 2.81 bits per heavy atom. The zero-order valence-corrected chi connectivity index (χ0v) is 18.9. The molecule has 4 rings (SSSR count). The van der Waals surface area contributed by atoms with Crippen LogP contribution in [-0.2, 0) is 29.6 Å². The Hall–Kier alpha value is -3.45. The number of hydrogen-bond acceptors (Lipinski definition) is 6. The number of nitrogens with zero attached hydrogens (tertiary/aromatic N) is 4. The number of ether oxygens (including phenoxy) is 2. The van der Waals surface area contributed by atoms with Gasteiger partial charge in [0, 0.05) is 61.2 Å². The largest absolute Gasteiger partial charge is 0.487 e. The van der Waals surface area contributed by atoms with Crippen molar-refractivity contribution in [1.29, 1.82) is 0 Å². The van der Waals surface area contributed by atoms with Crippen molar-refractivity contribution in [2.24, 2.45) is 7.05 Å². The van der Waals surface area contributed by atoms with E-state index in [1.807, 2.05) is 42.9 Å². The summed E-state index contributed by atoms with van der Waals surface area (Å²) in [4.78, 5) is 20.0. The molecule has 32 heavy (non-hydrogen) atoms. The monoisotopic (exact) mass is 450 g/mol.